The second kappa shape index (κ2) is 12.5. The number of carbonyl (C=O) groups excluding carboxylic acids is 2. The van der Waals surface area contributed by atoms with Crippen molar-refractivity contribution < 1.29 is 37.0 Å². The van der Waals surface area contributed by atoms with E-state index < -0.39 is 24.1 Å². The number of halogens is 3. The van der Waals surface area contributed by atoms with Gasteiger partial charge in [-0.25, -0.2) is 19.7 Å². The molecular formula is C32H25F3N6O5S. The van der Waals surface area contributed by atoms with Gasteiger partial charge in [0.25, 0.3) is 5.91 Å². The highest BCUT2D eigenvalue weighted by Crippen LogP contribution is 2.45. The van der Waals surface area contributed by atoms with Crippen LogP contribution in [0.4, 0.5) is 40.8 Å². The van der Waals surface area contributed by atoms with Gasteiger partial charge >= 0.3 is 12.4 Å². The lowest BCUT2D eigenvalue weighted by Gasteiger charge is -2.27. The molecule has 2 aliphatic heterocycles. The fraction of sp³-hybridized carbons (Fsp3) is 0.188. The summed E-state index contributed by atoms with van der Waals surface area (Å²) in [5.74, 6) is 0.434. The van der Waals surface area contributed by atoms with Gasteiger partial charge in [-0.2, -0.15) is 0 Å². The number of nitrogens with zero attached hydrogens (tertiary/aromatic N) is 4. The van der Waals surface area contributed by atoms with Gasteiger partial charge < -0.3 is 24.8 Å². The zero-order valence-corrected chi connectivity index (χ0v) is 25.2. The number of carbonyl (C=O) groups is 2. The summed E-state index contributed by atoms with van der Waals surface area (Å²) in [7, 11) is 0. The number of thiophene rings is 1. The molecule has 0 bridgehead atoms. The zero-order chi connectivity index (χ0) is 32.5. The maximum absolute atomic E-state index is 13.5. The summed E-state index contributed by atoms with van der Waals surface area (Å²) in [5.41, 5.74) is 1.10. The van der Waals surface area contributed by atoms with Crippen molar-refractivity contribution in [3.8, 4) is 17.2 Å². The van der Waals surface area contributed by atoms with Gasteiger partial charge in [0.05, 0.1) is 30.0 Å². The maximum atomic E-state index is 13.5. The van der Waals surface area contributed by atoms with Crippen molar-refractivity contribution in [2.24, 2.45) is 0 Å². The van der Waals surface area contributed by atoms with Crippen LogP contribution < -0.4 is 25.0 Å². The van der Waals surface area contributed by atoms with Gasteiger partial charge in [-0.05, 0) is 42.5 Å². The molecule has 2 aliphatic rings. The number of urea groups is 1. The molecule has 3 amide bonds. The SMILES string of the molecule is O=C(Nc1ccc(CN2CCOCC2)c(OC(F)(F)F)c1)c1sc2ncnc3c2c1NC(=O)N3c1ccc(Oc2ccccc2)cc1. The number of hydrogen-bond acceptors (Lipinski definition) is 9. The van der Waals surface area contributed by atoms with E-state index in [9.17, 15) is 22.8 Å². The minimum absolute atomic E-state index is 0.0810. The summed E-state index contributed by atoms with van der Waals surface area (Å²) < 4.78 is 55.5. The Kier molecular flexibility index (Phi) is 8.09. The van der Waals surface area contributed by atoms with Crippen LogP contribution >= 0.6 is 11.3 Å². The zero-order valence-electron chi connectivity index (χ0n) is 24.4. The number of amides is 3. The summed E-state index contributed by atoms with van der Waals surface area (Å²) in [6.45, 7) is 2.33. The number of para-hydroxylation sites is 1. The van der Waals surface area contributed by atoms with Gasteiger partial charge in [0.2, 0.25) is 0 Å². The Hall–Kier alpha value is -5.25. The van der Waals surface area contributed by atoms with Gasteiger partial charge in [-0.3, -0.25) is 9.69 Å². The summed E-state index contributed by atoms with van der Waals surface area (Å²) in [4.78, 5) is 39.5. The number of ether oxygens (including phenoxy) is 3. The van der Waals surface area contributed by atoms with Crippen LogP contribution in [0.5, 0.6) is 17.2 Å². The normalized spacial score (nSPS) is 15.0. The minimum Gasteiger partial charge on any atom is -0.457 e. The fourth-order valence-electron chi connectivity index (χ4n) is 5.32. The molecule has 4 heterocycles. The lowest BCUT2D eigenvalue weighted by Crippen LogP contribution is -2.35. The fourth-order valence-corrected chi connectivity index (χ4v) is 6.31. The number of rotatable bonds is 8. The number of anilines is 4. The van der Waals surface area contributed by atoms with E-state index in [1.165, 1.54) is 23.4 Å². The van der Waals surface area contributed by atoms with Gasteiger partial charge in [0.1, 0.15) is 33.3 Å². The molecule has 15 heteroatoms. The van der Waals surface area contributed by atoms with Crippen molar-refractivity contribution in [1.29, 1.82) is 0 Å². The van der Waals surface area contributed by atoms with Crippen molar-refractivity contribution in [3.63, 3.8) is 0 Å². The molecule has 240 valence electrons. The molecule has 0 radical (unpaired) electrons. The third kappa shape index (κ3) is 6.54. The van der Waals surface area contributed by atoms with Crippen LogP contribution in [0.3, 0.4) is 0 Å². The van der Waals surface area contributed by atoms with Crippen molar-refractivity contribution in [3.05, 3.63) is 89.6 Å². The van der Waals surface area contributed by atoms with Crippen LogP contribution in [-0.4, -0.2) is 59.5 Å². The number of morpholine rings is 1. The van der Waals surface area contributed by atoms with Crippen molar-refractivity contribution >= 4 is 56.4 Å². The van der Waals surface area contributed by atoms with E-state index >= 15 is 0 Å². The number of benzene rings is 3. The molecule has 1 fully saturated rings. The topological polar surface area (TPSA) is 118 Å². The van der Waals surface area contributed by atoms with Crippen molar-refractivity contribution in [1.82, 2.24) is 14.9 Å². The lowest BCUT2D eigenvalue weighted by molar-refractivity contribution is -0.275. The maximum Gasteiger partial charge on any atom is 0.573 e. The molecule has 0 atom stereocenters. The predicted octanol–water partition coefficient (Wildman–Crippen LogP) is 7.15. The molecular weight excluding hydrogens is 637 g/mol. The number of nitrogens with one attached hydrogen (secondary N) is 2. The highest BCUT2D eigenvalue weighted by Gasteiger charge is 2.35. The highest BCUT2D eigenvalue weighted by molar-refractivity contribution is 7.21. The Bertz CT molecular complexity index is 1950. The largest absolute Gasteiger partial charge is 0.573 e. The monoisotopic (exact) mass is 662 g/mol. The van der Waals surface area contributed by atoms with E-state index in [0.29, 0.717) is 59.3 Å². The average Bonchev–Trinajstić information content (AvgIpc) is 3.43. The average molecular weight is 663 g/mol. The molecule has 2 N–H and O–H groups in total. The second-order valence-corrected chi connectivity index (χ2v) is 11.6. The van der Waals surface area contributed by atoms with E-state index in [1.54, 1.807) is 24.3 Å². The molecule has 0 saturated carbocycles. The quantitative estimate of drug-likeness (QED) is 0.180. The van der Waals surface area contributed by atoms with Gasteiger partial charge in [-0.15, -0.1) is 24.5 Å². The molecule has 0 aliphatic carbocycles. The molecule has 47 heavy (non-hydrogen) atoms. The lowest BCUT2D eigenvalue weighted by atomic mass is 10.1. The standard InChI is InChI=1S/C32H25F3N6O5S/c33-32(34,35)46-24-16-20(7-6-19(24)17-40-12-14-44-15-13-40)38-29(42)27-26-25-28(36-18-37-30(25)47-27)41(31(43)39-26)21-8-10-23(11-9-21)45-22-4-2-1-3-5-22/h1-11,16,18H,12-15,17H2,(H,38,42)(H,39,43). The Balaban J connectivity index is 1.15. The number of aromatic nitrogens is 2. The Morgan fingerprint density at radius 1 is 1.00 bits per heavy atom. The molecule has 1 saturated heterocycles. The molecule has 5 aromatic rings. The van der Waals surface area contributed by atoms with Gasteiger partial charge in [-0.1, -0.05) is 24.3 Å². The first-order valence-electron chi connectivity index (χ1n) is 14.4. The second-order valence-electron chi connectivity index (χ2n) is 10.6. The van der Waals surface area contributed by atoms with E-state index in [0.717, 1.165) is 17.4 Å². The number of alkyl halides is 3. The van der Waals surface area contributed by atoms with Crippen LogP contribution in [0, 0.1) is 0 Å². The first kappa shape index (κ1) is 30.4. The van der Waals surface area contributed by atoms with Gasteiger partial charge in [0.15, 0.2) is 5.82 Å². The van der Waals surface area contributed by atoms with Crippen LogP contribution in [0.15, 0.2) is 79.1 Å². The molecule has 7 rings (SSSR count). The van der Waals surface area contributed by atoms with Crippen LogP contribution in [-0.2, 0) is 11.3 Å². The Morgan fingerprint density at radius 3 is 2.49 bits per heavy atom. The summed E-state index contributed by atoms with van der Waals surface area (Å²) in [6, 6.07) is 19.7. The Labute approximate surface area is 269 Å². The predicted molar refractivity (Wildman–Crippen MR) is 169 cm³/mol. The smallest absolute Gasteiger partial charge is 0.457 e. The molecule has 0 spiro atoms. The highest BCUT2D eigenvalue weighted by atomic mass is 32.1. The summed E-state index contributed by atoms with van der Waals surface area (Å²) in [5, 5.41) is 5.87. The van der Waals surface area contributed by atoms with E-state index in [1.807, 2.05) is 35.2 Å². The molecule has 3 aromatic carbocycles. The third-order valence-corrected chi connectivity index (χ3v) is 8.54. The van der Waals surface area contributed by atoms with E-state index in [-0.39, 0.29) is 28.6 Å². The first-order valence-corrected chi connectivity index (χ1v) is 15.3. The van der Waals surface area contributed by atoms with Crippen molar-refractivity contribution in [2.45, 2.75) is 12.9 Å². The van der Waals surface area contributed by atoms with Gasteiger partial charge in [0, 0.05) is 37.0 Å². The molecule has 11 nitrogen and oxygen atoms in total. The summed E-state index contributed by atoms with van der Waals surface area (Å²) >= 11 is 1.02. The molecule has 2 aromatic heterocycles. The van der Waals surface area contributed by atoms with Crippen LogP contribution in [0.1, 0.15) is 15.2 Å². The van der Waals surface area contributed by atoms with E-state index in [2.05, 4.69) is 25.3 Å². The van der Waals surface area contributed by atoms with Crippen LogP contribution in [0.2, 0.25) is 0 Å². The Morgan fingerprint density at radius 2 is 1.74 bits per heavy atom. The minimum atomic E-state index is -4.93. The van der Waals surface area contributed by atoms with Crippen molar-refractivity contribution in [2.75, 3.05) is 41.8 Å². The van der Waals surface area contributed by atoms with E-state index in [4.69, 9.17) is 9.47 Å². The van der Waals surface area contributed by atoms with Crippen LogP contribution in [0.25, 0.3) is 10.2 Å². The third-order valence-electron chi connectivity index (χ3n) is 7.44. The summed E-state index contributed by atoms with van der Waals surface area (Å²) in [6.07, 6.45) is -3.63. The first-order chi connectivity index (χ1) is 22.7. The molecule has 0 unspecified atom stereocenters. The number of hydrogen-bond donors (Lipinski definition) is 2.